The first kappa shape index (κ1) is 20.0. The number of carbonyl (C=O) groups excluding carboxylic acids is 1. The molecule has 0 aliphatic rings. The lowest BCUT2D eigenvalue weighted by atomic mass is 10.2. The van der Waals surface area contributed by atoms with Crippen molar-refractivity contribution in [2.75, 3.05) is 18.5 Å². The van der Waals surface area contributed by atoms with Crippen LogP contribution in [0.25, 0.3) is 0 Å². The van der Waals surface area contributed by atoms with Crippen molar-refractivity contribution in [1.29, 1.82) is 0 Å². The average molecular weight is 362 g/mol. The van der Waals surface area contributed by atoms with Gasteiger partial charge in [0.05, 0.1) is 24.5 Å². The van der Waals surface area contributed by atoms with Crippen molar-refractivity contribution in [3.63, 3.8) is 0 Å². The molecule has 2 heterocycles. The fraction of sp³-hybridized carbons (Fsp3) is 0.611. The van der Waals surface area contributed by atoms with Gasteiger partial charge in [0, 0.05) is 37.5 Å². The Morgan fingerprint density at radius 3 is 2.54 bits per heavy atom. The monoisotopic (exact) mass is 362 g/mol. The van der Waals surface area contributed by atoms with Crippen molar-refractivity contribution in [3.05, 3.63) is 28.7 Å². The molecule has 0 saturated heterocycles. The number of anilines is 1. The molecule has 26 heavy (non-hydrogen) atoms. The maximum absolute atomic E-state index is 12.8. The van der Waals surface area contributed by atoms with Crippen molar-refractivity contribution in [3.8, 4) is 0 Å². The zero-order chi connectivity index (χ0) is 19.4. The average Bonchev–Trinajstić information content (AvgIpc) is 2.99. The summed E-state index contributed by atoms with van der Waals surface area (Å²) in [6.07, 6.45) is 0. The van der Waals surface area contributed by atoms with Crippen molar-refractivity contribution in [2.24, 2.45) is 13.0 Å². The number of rotatable bonds is 7. The first-order valence-corrected chi connectivity index (χ1v) is 8.93. The van der Waals surface area contributed by atoms with Crippen molar-refractivity contribution in [2.45, 2.75) is 47.7 Å². The molecular weight excluding hydrogens is 332 g/mol. The topological polar surface area (TPSA) is 88.2 Å². The van der Waals surface area contributed by atoms with Crippen LogP contribution in [0.2, 0.25) is 0 Å². The Bertz CT molecular complexity index is 762. The van der Waals surface area contributed by atoms with Crippen LogP contribution in [0.5, 0.6) is 0 Å². The smallest absolute Gasteiger partial charge is 0.323 e. The van der Waals surface area contributed by atoms with Gasteiger partial charge in [-0.3, -0.25) is 10.00 Å². The summed E-state index contributed by atoms with van der Waals surface area (Å²) in [6.45, 7) is 11.3. The van der Waals surface area contributed by atoms with Crippen LogP contribution in [0.4, 0.5) is 10.6 Å². The summed E-state index contributed by atoms with van der Waals surface area (Å²) in [7, 11) is 1.88. The van der Waals surface area contributed by atoms with E-state index in [1.807, 2.05) is 38.6 Å². The van der Waals surface area contributed by atoms with E-state index in [0.29, 0.717) is 18.3 Å². The molecule has 8 nitrogen and oxygen atoms in total. The van der Waals surface area contributed by atoms with E-state index < -0.39 is 0 Å². The molecule has 0 aliphatic heterocycles. The van der Waals surface area contributed by atoms with Crippen LogP contribution in [0.3, 0.4) is 0 Å². The molecule has 0 aliphatic carbocycles. The Morgan fingerprint density at radius 1 is 1.31 bits per heavy atom. The maximum atomic E-state index is 12.8. The van der Waals surface area contributed by atoms with Crippen LogP contribution in [-0.2, 0) is 20.1 Å². The molecule has 0 spiro atoms. The van der Waals surface area contributed by atoms with Gasteiger partial charge in [0.1, 0.15) is 5.82 Å². The quantitative estimate of drug-likeness (QED) is 0.790. The molecule has 2 rings (SSSR count). The van der Waals surface area contributed by atoms with Gasteiger partial charge in [-0.2, -0.15) is 10.2 Å². The predicted molar refractivity (Wildman–Crippen MR) is 101 cm³/mol. The molecule has 0 radical (unpaired) electrons. The molecular formula is C18H30N6O2. The Morgan fingerprint density at radius 2 is 2.00 bits per heavy atom. The van der Waals surface area contributed by atoms with Crippen LogP contribution in [0, 0.1) is 26.7 Å². The number of aliphatic hydroxyl groups excluding tert-OH is 1. The molecule has 2 aromatic heterocycles. The molecule has 2 N–H and O–H groups in total. The van der Waals surface area contributed by atoms with Gasteiger partial charge < -0.3 is 10.0 Å². The van der Waals surface area contributed by atoms with Crippen LogP contribution in [0.15, 0.2) is 6.07 Å². The number of aryl methyl sites for hydroxylation is 3. The molecule has 0 atom stereocenters. The number of aliphatic hydroxyl groups is 1. The maximum Gasteiger partial charge on any atom is 0.323 e. The molecule has 0 bridgehead atoms. The van der Waals surface area contributed by atoms with E-state index in [1.54, 1.807) is 9.58 Å². The Balaban J connectivity index is 2.19. The number of carbonyl (C=O) groups is 1. The van der Waals surface area contributed by atoms with Crippen molar-refractivity contribution < 1.29 is 9.90 Å². The lowest BCUT2D eigenvalue weighted by Gasteiger charge is -2.23. The molecule has 2 amide bonds. The van der Waals surface area contributed by atoms with E-state index in [-0.39, 0.29) is 19.2 Å². The summed E-state index contributed by atoms with van der Waals surface area (Å²) in [5.41, 5.74) is 3.76. The van der Waals surface area contributed by atoms with Crippen LogP contribution in [-0.4, -0.2) is 48.8 Å². The van der Waals surface area contributed by atoms with Gasteiger partial charge in [0.15, 0.2) is 0 Å². The highest BCUT2D eigenvalue weighted by atomic mass is 16.3. The number of hydrogen-bond donors (Lipinski definition) is 2. The third-order valence-electron chi connectivity index (χ3n) is 4.34. The number of amides is 2. The van der Waals surface area contributed by atoms with Gasteiger partial charge in [-0.1, -0.05) is 13.8 Å². The first-order chi connectivity index (χ1) is 12.2. The van der Waals surface area contributed by atoms with Crippen LogP contribution >= 0.6 is 0 Å². The highest BCUT2D eigenvalue weighted by Gasteiger charge is 2.20. The van der Waals surface area contributed by atoms with E-state index >= 15 is 0 Å². The molecule has 8 heteroatoms. The van der Waals surface area contributed by atoms with Gasteiger partial charge in [-0.05, 0) is 26.7 Å². The number of nitrogens with one attached hydrogen (secondary N) is 1. The molecule has 0 aromatic carbocycles. The van der Waals surface area contributed by atoms with E-state index in [0.717, 1.165) is 29.2 Å². The molecule has 0 fully saturated rings. The number of urea groups is 1. The zero-order valence-electron chi connectivity index (χ0n) is 16.6. The molecule has 0 unspecified atom stereocenters. The van der Waals surface area contributed by atoms with Gasteiger partial charge in [-0.15, -0.1) is 0 Å². The fourth-order valence-electron chi connectivity index (χ4n) is 2.93. The third-order valence-corrected chi connectivity index (χ3v) is 4.34. The second kappa shape index (κ2) is 8.35. The Kier molecular flexibility index (Phi) is 6.42. The van der Waals surface area contributed by atoms with Crippen LogP contribution in [0.1, 0.15) is 36.5 Å². The molecule has 2 aromatic rings. The largest absolute Gasteiger partial charge is 0.395 e. The predicted octanol–water partition coefficient (Wildman–Crippen LogP) is 2.22. The Hall–Kier alpha value is -2.35. The van der Waals surface area contributed by atoms with E-state index in [9.17, 15) is 9.90 Å². The standard InChI is InChI=1S/C18H30N6O2/c1-12(2)10-24-17(9-13(3)20-24)19-18(26)23(7-8-25)11-16-14(4)21-22(6)15(16)5/h9,12,25H,7-8,10-11H2,1-6H3,(H,19,26). The molecule has 0 saturated carbocycles. The minimum absolute atomic E-state index is 0.101. The summed E-state index contributed by atoms with van der Waals surface area (Å²) in [5, 5.41) is 21.2. The summed E-state index contributed by atoms with van der Waals surface area (Å²) in [4.78, 5) is 14.4. The number of nitrogens with zero attached hydrogens (tertiary/aromatic N) is 5. The highest BCUT2D eigenvalue weighted by molar-refractivity contribution is 5.88. The van der Waals surface area contributed by atoms with Gasteiger partial charge in [0.2, 0.25) is 0 Å². The summed E-state index contributed by atoms with van der Waals surface area (Å²) in [5.74, 6) is 1.09. The van der Waals surface area contributed by atoms with Gasteiger partial charge in [0.25, 0.3) is 0 Å². The van der Waals surface area contributed by atoms with Crippen molar-refractivity contribution >= 4 is 11.8 Å². The third kappa shape index (κ3) is 4.63. The van der Waals surface area contributed by atoms with Crippen molar-refractivity contribution in [1.82, 2.24) is 24.5 Å². The first-order valence-electron chi connectivity index (χ1n) is 8.93. The summed E-state index contributed by atoms with van der Waals surface area (Å²) < 4.78 is 3.62. The Labute approximate surface area is 154 Å². The van der Waals surface area contributed by atoms with Gasteiger partial charge >= 0.3 is 6.03 Å². The van der Waals surface area contributed by atoms with Crippen LogP contribution < -0.4 is 5.32 Å². The number of hydrogen-bond acceptors (Lipinski definition) is 4. The van der Waals surface area contributed by atoms with E-state index in [4.69, 9.17) is 0 Å². The SMILES string of the molecule is Cc1cc(NC(=O)N(CCO)Cc2c(C)nn(C)c2C)n(CC(C)C)n1. The zero-order valence-corrected chi connectivity index (χ0v) is 16.6. The van der Waals surface area contributed by atoms with E-state index in [1.165, 1.54) is 0 Å². The minimum Gasteiger partial charge on any atom is -0.395 e. The fourth-order valence-corrected chi connectivity index (χ4v) is 2.93. The lowest BCUT2D eigenvalue weighted by Crippen LogP contribution is -2.37. The second-order valence-electron chi connectivity index (χ2n) is 7.10. The number of aromatic nitrogens is 4. The van der Waals surface area contributed by atoms with Gasteiger partial charge in [-0.25, -0.2) is 9.48 Å². The normalized spacial score (nSPS) is 11.2. The van der Waals surface area contributed by atoms with E-state index in [2.05, 4.69) is 29.4 Å². The summed E-state index contributed by atoms with van der Waals surface area (Å²) in [6, 6.07) is 1.60. The lowest BCUT2D eigenvalue weighted by molar-refractivity contribution is 0.185. The minimum atomic E-state index is -0.258. The molecule has 144 valence electrons. The highest BCUT2D eigenvalue weighted by Crippen LogP contribution is 2.17. The second-order valence-corrected chi connectivity index (χ2v) is 7.10. The summed E-state index contributed by atoms with van der Waals surface area (Å²) >= 11 is 0.